The minimum atomic E-state index is -1.28. The molecule has 0 amide bonds. The van der Waals surface area contributed by atoms with Crippen LogP contribution < -0.4 is 10.2 Å². The molecule has 1 aliphatic heterocycles. The number of nitrogens with zero attached hydrogens (tertiary/aromatic N) is 4. The Balaban J connectivity index is 2.03. The molecule has 6 heteroatoms. The molecule has 0 aliphatic carbocycles. The van der Waals surface area contributed by atoms with E-state index in [0.29, 0.717) is 18.9 Å². The largest absolute Gasteiger partial charge is 0.352 e. The fourth-order valence-electron chi connectivity index (χ4n) is 2.83. The normalized spacial score (nSPS) is 22.0. The Kier molecular flexibility index (Phi) is 4.26. The molecule has 2 aromatic rings. The van der Waals surface area contributed by atoms with Gasteiger partial charge in [0.15, 0.2) is 5.82 Å². The van der Waals surface area contributed by atoms with Crippen molar-refractivity contribution in [3.63, 3.8) is 0 Å². The number of hydrogen-bond acceptors (Lipinski definition) is 5. The van der Waals surface area contributed by atoms with E-state index in [4.69, 9.17) is 4.98 Å². The number of aromatic nitrogens is 3. The Morgan fingerprint density at radius 1 is 1.22 bits per heavy atom. The molecule has 1 fully saturated rings. The number of hydrogen-bond donors (Lipinski definition) is 1. The van der Waals surface area contributed by atoms with Crippen LogP contribution in [0.3, 0.4) is 0 Å². The Bertz CT molecular complexity index is 687. The maximum atomic E-state index is 14.6. The monoisotopic (exact) mass is 315 g/mol. The van der Waals surface area contributed by atoms with Gasteiger partial charge in [0.1, 0.15) is 11.5 Å². The van der Waals surface area contributed by atoms with Crippen LogP contribution in [0.15, 0.2) is 24.5 Å². The summed E-state index contributed by atoms with van der Waals surface area (Å²) in [6.45, 7) is 7.76. The average molecular weight is 315 g/mol. The van der Waals surface area contributed by atoms with Crippen LogP contribution in [-0.2, 0) is 0 Å². The summed E-state index contributed by atoms with van der Waals surface area (Å²) in [4.78, 5) is 15.4. The highest BCUT2D eigenvalue weighted by Crippen LogP contribution is 2.26. The quantitative estimate of drug-likeness (QED) is 0.921. The molecule has 3 heterocycles. The van der Waals surface area contributed by atoms with Crippen molar-refractivity contribution in [2.45, 2.75) is 26.4 Å². The number of aryl methyl sites for hydroxylation is 1. The molecule has 1 saturated heterocycles. The lowest BCUT2D eigenvalue weighted by Crippen LogP contribution is -2.40. The third kappa shape index (κ3) is 3.47. The van der Waals surface area contributed by atoms with Gasteiger partial charge in [0, 0.05) is 48.8 Å². The lowest BCUT2D eigenvalue weighted by atomic mass is 10.1. The molecule has 1 atom stereocenters. The molecule has 1 aliphatic rings. The first-order chi connectivity index (χ1) is 11.0. The summed E-state index contributed by atoms with van der Waals surface area (Å²) in [5, 5.41) is 3.15. The number of nitrogens with one attached hydrogen (secondary N) is 1. The van der Waals surface area contributed by atoms with E-state index in [-0.39, 0.29) is 0 Å². The van der Waals surface area contributed by atoms with Gasteiger partial charge >= 0.3 is 0 Å². The summed E-state index contributed by atoms with van der Waals surface area (Å²) in [6, 6.07) is 3.77. The van der Waals surface area contributed by atoms with Crippen LogP contribution in [0.1, 0.15) is 18.2 Å². The van der Waals surface area contributed by atoms with E-state index in [2.05, 4.69) is 15.3 Å². The van der Waals surface area contributed by atoms with Crippen molar-refractivity contribution in [2.24, 2.45) is 0 Å². The number of rotatable bonds is 2. The molecule has 0 aromatic carbocycles. The van der Waals surface area contributed by atoms with E-state index < -0.39 is 5.67 Å². The molecule has 122 valence electrons. The smallest absolute Gasteiger partial charge is 0.161 e. The Hall–Kier alpha value is -2.08. The standard InChI is InChI=1S/C17H22FN5/c1-12-13(2)21-15(14-4-6-19-7-5-14)22-16(12)23-9-8-20-10-17(3,18)11-23/h4-7,20H,8-11H2,1-3H3. The Morgan fingerprint density at radius 2 is 1.96 bits per heavy atom. The molecule has 0 saturated carbocycles. The second-order valence-corrected chi connectivity index (χ2v) is 6.33. The lowest BCUT2D eigenvalue weighted by Gasteiger charge is -2.28. The van der Waals surface area contributed by atoms with Crippen LogP contribution >= 0.6 is 0 Å². The number of alkyl halides is 1. The minimum Gasteiger partial charge on any atom is -0.352 e. The van der Waals surface area contributed by atoms with Crippen LogP contribution in [0, 0.1) is 13.8 Å². The molecule has 0 spiro atoms. The molecular weight excluding hydrogens is 293 g/mol. The van der Waals surface area contributed by atoms with Gasteiger partial charge in [0.05, 0.1) is 6.54 Å². The molecule has 2 aromatic heterocycles. The molecule has 1 unspecified atom stereocenters. The fraction of sp³-hybridized carbons (Fsp3) is 0.471. The van der Waals surface area contributed by atoms with Crippen molar-refractivity contribution >= 4 is 5.82 Å². The summed E-state index contributed by atoms with van der Waals surface area (Å²) in [5.74, 6) is 1.47. The van der Waals surface area contributed by atoms with Crippen LogP contribution in [0.25, 0.3) is 11.4 Å². The van der Waals surface area contributed by atoms with Crippen molar-refractivity contribution in [1.29, 1.82) is 0 Å². The fourth-order valence-corrected chi connectivity index (χ4v) is 2.83. The van der Waals surface area contributed by atoms with Crippen LogP contribution in [-0.4, -0.2) is 46.8 Å². The van der Waals surface area contributed by atoms with E-state index >= 15 is 0 Å². The second kappa shape index (κ2) is 6.20. The van der Waals surface area contributed by atoms with Crippen LogP contribution in [0.4, 0.5) is 10.2 Å². The summed E-state index contributed by atoms with van der Waals surface area (Å²) < 4.78 is 14.6. The van der Waals surface area contributed by atoms with Crippen LogP contribution in [0.5, 0.6) is 0 Å². The Labute approximate surface area is 136 Å². The lowest BCUT2D eigenvalue weighted by molar-refractivity contribution is 0.201. The summed E-state index contributed by atoms with van der Waals surface area (Å²) in [5.41, 5.74) is 1.55. The SMILES string of the molecule is Cc1nc(-c2ccncc2)nc(N2CCNCC(C)(F)C2)c1C. The van der Waals surface area contributed by atoms with E-state index in [9.17, 15) is 4.39 Å². The molecule has 3 rings (SSSR count). The zero-order valence-corrected chi connectivity index (χ0v) is 13.8. The van der Waals surface area contributed by atoms with E-state index in [1.807, 2.05) is 30.9 Å². The highest BCUT2D eigenvalue weighted by Gasteiger charge is 2.30. The number of anilines is 1. The van der Waals surface area contributed by atoms with Gasteiger partial charge in [-0.15, -0.1) is 0 Å². The number of pyridine rings is 1. The highest BCUT2D eigenvalue weighted by molar-refractivity contribution is 5.60. The van der Waals surface area contributed by atoms with Crippen molar-refractivity contribution in [1.82, 2.24) is 20.3 Å². The summed E-state index contributed by atoms with van der Waals surface area (Å²) in [6.07, 6.45) is 3.45. The van der Waals surface area contributed by atoms with Gasteiger partial charge < -0.3 is 10.2 Å². The third-order valence-corrected chi connectivity index (χ3v) is 4.17. The molecular formula is C17H22FN5. The van der Waals surface area contributed by atoms with E-state index in [0.717, 1.165) is 35.7 Å². The van der Waals surface area contributed by atoms with Crippen molar-refractivity contribution < 1.29 is 4.39 Å². The second-order valence-electron chi connectivity index (χ2n) is 6.33. The first-order valence-electron chi connectivity index (χ1n) is 7.86. The molecule has 1 N–H and O–H groups in total. The van der Waals surface area contributed by atoms with Crippen molar-refractivity contribution in [3.8, 4) is 11.4 Å². The first-order valence-corrected chi connectivity index (χ1v) is 7.86. The first kappa shape index (κ1) is 15.8. The van der Waals surface area contributed by atoms with Gasteiger partial charge in [-0.3, -0.25) is 4.98 Å². The van der Waals surface area contributed by atoms with E-state index in [1.165, 1.54) is 0 Å². The maximum Gasteiger partial charge on any atom is 0.161 e. The van der Waals surface area contributed by atoms with Gasteiger partial charge in [-0.2, -0.15) is 0 Å². The third-order valence-electron chi connectivity index (χ3n) is 4.17. The highest BCUT2D eigenvalue weighted by atomic mass is 19.1. The maximum absolute atomic E-state index is 14.6. The van der Waals surface area contributed by atoms with Crippen molar-refractivity contribution in [3.05, 3.63) is 35.8 Å². The summed E-state index contributed by atoms with van der Waals surface area (Å²) in [7, 11) is 0. The van der Waals surface area contributed by atoms with Gasteiger partial charge in [0.25, 0.3) is 0 Å². The van der Waals surface area contributed by atoms with Crippen molar-refractivity contribution in [2.75, 3.05) is 31.1 Å². The molecule has 5 nitrogen and oxygen atoms in total. The number of halogens is 1. The van der Waals surface area contributed by atoms with Gasteiger partial charge in [0.2, 0.25) is 0 Å². The van der Waals surface area contributed by atoms with E-state index in [1.54, 1.807) is 19.3 Å². The predicted octanol–water partition coefficient (Wildman–Crippen LogP) is 2.29. The Morgan fingerprint density at radius 3 is 2.70 bits per heavy atom. The van der Waals surface area contributed by atoms with Gasteiger partial charge in [-0.25, -0.2) is 14.4 Å². The molecule has 0 bridgehead atoms. The zero-order valence-electron chi connectivity index (χ0n) is 13.8. The predicted molar refractivity (Wildman–Crippen MR) is 89.3 cm³/mol. The topological polar surface area (TPSA) is 53.9 Å². The zero-order chi connectivity index (χ0) is 16.4. The van der Waals surface area contributed by atoms with Gasteiger partial charge in [-0.05, 0) is 32.9 Å². The minimum absolute atomic E-state index is 0.326. The average Bonchev–Trinajstić information content (AvgIpc) is 2.71. The van der Waals surface area contributed by atoms with Crippen LogP contribution in [0.2, 0.25) is 0 Å². The summed E-state index contributed by atoms with van der Waals surface area (Å²) >= 11 is 0. The molecule has 23 heavy (non-hydrogen) atoms. The van der Waals surface area contributed by atoms with Gasteiger partial charge in [-0.1, -0.05) is 0 Å². The molecule has 0 radical (unpaired) electrons.